The van der Waals surface area contributed by atoms with Gasteiger partial charge in [0.2, 0.25) is 0 Å². The molecule has 0 atom stereocenters. The van der Waals surface area contributed by atoms with Crippen LogP contribution in [0, 0.1) is 0 Å². The second kappa shape index (κ2) is 7.03. The molecule has 128 valence electrons. The molecule has 0 amide bonds. The molecular formula is C19H15F3GeO2. The summed E-state index contributed by atoms with van der Waals surface area (Å²) in [5, 5.41) is 9.93. The number of halogens is 3. The molecule has 1 N–H and O–H groups in total. The zero-order chi connectivity index (χ0) is 17.9. The number of alkyl halides is 3. The van der Waals surface area contributed by atoms with Gasteiger partial charge in [0.1, 0.15) is 0 Å². The molecule has 0 heterocycles. The minimum atomic E-state index is -4.41. The van der Waals surface area contributed by atoms with Crippen LogP contribution in [0.2, 0.25) is 0 Å². The monoisotopic (exact) mass is 406 g/mol. The molecule has 3 aromatic carbocycles. The molecule has 0 aromatic heterocycles. The molecule has 0 aliphatic heterocycles. The van der Waals surface area contributed by atoms with E-state index in [-0.39, 0.29) is 0 Å². The van der Waals surface area contributed by atoms with Crippen LogP contribution in [0.25, 0.3) is 0 Å². The van der Waals surface area contributed by atoms with Gasteiger partial charge in [0.15, 0.2) is 0 Å². The van der Waals surface area contributed by atoms with Crippen molar-refractivity contribution in [1.29, 1.82) is 0 Å². The Labute approximate surface area is 146 Å². The SMILES string of the molecule is O[O][Ge]([c]1ccccc1)([c]1ccccc1)[c]1ccc(C(F)(F)F)cc1. The summed E-state index contributed by atoms with van der Waals surface area (Å²) in [6.07, 6.45) is -4.41. The summed E-state index contributed by atoms with van der Waals surface area (Å²) < 4.78 is 45.9. The first-order valence-corrected chi connectivity index (χ1v) is 11.6. The molecular weight excluding hydrogens is 390 g/mol. The molecule has 0 bridgehead atoms. The van der Waals surface area contributed by atoms with Gasteiger partial charge in [-0.05, 0) is 0 Å². The second-order valence-corrected chi connectivity index (χ2v) is 12.5. The van der Waals surface area contributed by atoms with Gasteiger partial charge < -0.3 is 0 Å². The standard InChI is InChI=1S/C19H15F3GeO2/c20-19(21,22)15-11-13-18(14-12-15)23(25-24,16-7-3-1-4-8-16)17-9-5-2-6-10-17/h1-14,24H. The molecule has 0 spiro atoms. The Balaban J connectivity index is 2.21. The van der Waals surface area contributed by atoms with Gasteiger partial charge in [0, 0.05) is 0 Å². The van der Waals surface area contributed by atoms with Crippen molar-refractivity contribution in [3.63, 3.8) is 0 Å². The molecule has 3 aromatic rings. The predicted octanol–water partition coefficient (Wildman–Crippen LogP) is 3.16. The van der Waals surface area contributed by atoms with Crippen molar-refractivity contribution in [2.45, 2.75) is 6.18 Å². The maximum absolute atomic E-state index is 12.9. The summed E-state index contributed by atoms with van der Waals surface area (Å²) in [7, 11) is 0. The Kier molecular flexibility index (Phi) is 4.99. The van der Waals surface area contributed by atoms with Crippen LogP contribution in [-0.2, 0) is 10.1 Å². The fraction of sp³-hybridized carbons (Fsp3) is 0.0526. The molecule has 0 aliphatic carbocycles. The van der Waals surface area contributed by atoms with Crippen LogP contribution in [0.4, 0.5) is 13.2 Å². The van der Waals surface area contributed by atoms with Gasteiger partial charge in [-0.1, -0.05) is 0 Å². The quantitative estimate of drug-likeness (QED) is 0.411. The van der Waals surface area contributed by atoms with Crippen LogP contribution in [0.1, 0.15) is 5.56 Å². The average molecular weight is 405 g/mol. The summed E-state index contributed by atoms with van der Waals surface area (Å²) in [6, 6.07) is 23.2. The summed E-state index contributed by atoms with van der Waals surface area (Å²) in [6.45, 7) is 0. The molecule has 3 rings (SSSR count). The van der Waals surface area contributed by atoms with E-state index >= 15 is 0 Å². The van der Waals surface area contributed by atoms with Crippen molar-refractivity contribution in [3.8, 4) is 0 Å². The molecule has 0 aliphatic rings. The maximum atomic E-state index is 12.9. The van der Waals surface area contributed by atoms with E-state index in [2.05, 4.69) is 0 Å². The third-order valence-electron chi connectivity index (χ3n) is 4.12. The van der Waals surface area contributed by atoms with Gasteiger partial charge >= 0.3 is 146 Å². The molecule has 25 heavy (non-hydrogen) atoms. The van der Waals surface area contributed by atoms with E-state index in [1.54, 1.807) is 0 Å². The van der Waals surface area contributed by atoms with Gasteiger partial charge in [-0.25, -0.2) is 0 Å². The molecule has 0 fully saturated rings. The van der Waals surface area contributed by atoms with E-state index in [1.807, 2.05) is 60.7 Å². The number of hydrogen-bond donors (Lipinski definition) is 1. The zero-order valence-electron chi connectivity index (χ0n) is 13.1. The van der Waals surface area contributed by atoms with E-state index in [4.69, 9.17) is 3.91 Å². The van der Waals surface area contributed by atoms with E-state index in [1.165, 1.54) is 12.1 Å². The molecule has 6 heteroatoms. The van der Waals surface area contributed by atoms with E-state index in [0.29, 0.717) is 4.40 Å². The van der Waals surface area contributed by atoms with Gasteiger partial charge in [-0.2, -0.15) is 0 Å². The van der Waals surface area contributed by atoms with Crippen molar-refractivity contribution in [2.24, 2.45) is 0 Å². The Bertz CT molecular complexity index is 779. The number of benzene rings is 3. The number of hydrogen-bond acceptors (Lipinski definition) is 2. The van der Waals surface area contributed by atoms with Gasteiger partial charge in [0.25, 0.3) is 0 Å². The third kappa shape index (κ3) is 3.35. The minimum absolute atomic E-state index is 0.577. The zero-order valence-corrected chi connectivity index (χ0v) is 15.2. The summed E-state index contributed by atoms with van der Waals surface area (Å²) in [5.74, 6) is 0. The van der Waals surface area contributed by atoms with Gasteiger partial charge in [0.05, 0.1) is 0 Å². The summed E-state index contributed by atoms with van der Waals surface area (Å²) >= 11 is -3.95. The second-order valence-electron chi connectivity index (χ2n) is 5.58. The van der Waals surface area contributed by atoms with Crippen molar-refractivity contribution < 1.29 is 22.3 Å². The Morgan fingerprint density at radius 3 is 1.40 bits per heavy atom. The van der Waals surface area contributed by atoms with Crippen molar-refractivity contribution >= 4 is 26.8 Å². The molecule has 0 saturated carbocycles. The van der Waals surface area contributed by atoms with Gasteiger partial charge in [-0.15, -0.1) is 0 Å². The topological polar surface area (TPSA) is 29.5 Å². The van der Waals surface area contributed by atoms with Gasteiger partial charge in [-0.3, -0.25) is 0 Å². The molecule has 0 unspecified atom stereocenters. The Morgan fingerprint density at radius 1 is 0.640 bits per heavy atom. The van der Waals surface area contributed by atoms with E-state index < -0.39 is 25.3 Å². The van der Waals surface area contributed by atoms with E-state index in [0.717, 1.165) is 20.9 Å². The molecule has 0 saturated heterocycles. The summed E-state index contributed by atoms with van der Waals surface area (Å²) in [4.78, 5) is 0. The first kappa shape index (κ1) is 17.7. The van der Waals surface area contributed by atoms with Crippen LogP contribution in [0.5, 0.6) is 0 Å². The molecule has 2 nitrogen and oxygen atoms in total. The first-order chi connectivity index (χ1) is 12.0. The van der Waals surface area contributed by atoms with Crippen molar-refractivity contribution in [3.05, 3.63) is 90.5 Å². The Morgan fingerprint density at radius 2 is 1.04 bits per heavy atom. The fourth-order valence-corrected chi connectivity index (χ4v) is 9.77. The first-order valence-electron chi connectivity index (χ1n) is 7.60. The number of rotatable bonds is 4. The van der Waals surface area contributed by atoms with Crippen molar-refractivity contribution in [1.82, 2.24) is 0 Å². The van der Waals surface area contributed by atoms with Crippen LogP contribution < -0.4 is 13.2 Å². The molecule has 0 radical (unpaired) electrons. The summed E-state index contributed by atoms with van der Waals surface area (Å²) in [5.41, 5.74) is -0.730. The average Bonchev–Trinajstić information content (AvgIpc) is 2.64. The predicted molar refractivity (Wildman–Crippen MR) is 92.7 cm³/mol. The van der Waals surface area contributed by atoms with E-state index in [9.17, 15) is 18.4 Å². The van der Waals surface area contributed by atoms with Crippen LogP contribution in [0.15, 0.2) is 84.9 Å². The van der Waals surface area contributed by atoms with Crippen LogP contribution in [0.3, 0.4) is 0 Å². The normalized spacial score (nSPS) is 12.2. The van der Waals surface area contributed by atoms with Crippen LogP contribution in [-0.4, -0.2) is 18.9 Å². The van der Waals surface area contributed by atoms with Crippen LogP contribution >= 0.6 is 0 Å². The fourth-order valence-electron chi connectivity index (χ4n) is 2.90. The van der Waals surface area contributed by atoms with Crippen molar-refractivity contribution in [2.75, 3.05) is 0 Å². The Hall–Kier alpha value is -2.09. The third-order valence-corrected chi connectivity index (χ3v) is 11.9.